The highest BCUT2D eigenvalue weighted by molar-refractivity contribution is 7.87. The maximum absolute atomic E-state index is 12.0. The third-order valence-corrected chi connectivity index (χ3v) is 4.76. The molecule has 0 bridgehead atoms. The second-order valence-electron chi connectivity index (χ2n) is 5.36. The molecule has 1 aromatic rings. The standard InChI is InChI=1S/C12H22N4O2S/c1-11(2)9-15-10-13-7-12(15)8-14-19(17,18)16-5-3-4-6-16/h7,10-11,14H,3-6,8-9H2,1-2H3. The van der Waals surface area contributed by atoms with Crippen LogP contribution < -0.4 is 4.72 Å². The summed E-state index contributed by atoms with van der Waals surface area (Å²) in [7, 11) is -3.34. The second-order valence-corrected chi connectivity index (χ2v) is 7.12. The molecule has 0 radical (unpaired) electrons. The van der Waals surface area contributed by atoms with E-state index in [1.807, 2.05) is 4.57 Å². The van der Waals surface area contributed by atoms with Gasteiger partial charge in [0.25, 0.3) is 10.2 Å². The number of imidazole rings is 1. The van der Waals surface area contributed by atoms with Gasteiger partial charge in [-0.1, -0.05) is 13.8 Å². The molecular weight excluding hydrogens is 264 g/mol. The summed E-state index contributed by atoms with van der Waals surface area (Å²) in [6.45, 7) is 6.64. The molecule has 0 aromatic carbocycles. The van der Waals surface area contributed by atoms with Crippen LogP contribution in [0.1, 0.15) is 32.4 Å². The first-order valence-electron chi connectivity index (χ1n) is 6.73. The minimum atomic E-state index is -3.34. The van der Waals surface area contributed by atoms with Crippen molar-refractivity contribution in [3.63, 3.8) is 0 Å². The molecular formula is C12H22N4O2S. The molecule has 1 aromatic heterocycles. The minimum Gasteiger partial charge on any atom is -0.333 e. The zero-order chi connectivity index (χ0) is 13.9. The molecule has 0 amide bonds. The van der Waals surface area contributed by atoms with E-state index >= 15 is 0 Å². The van der Waals surface area contributed by atoms with E-state index in [4.69, 9.17) is 0 Å². The first-order chi connectivity index (χ1) is 8.99. The van der Waals surface area contributed by atoms with E-state index in [2.05, 4.69) is 23.6 Å². The third-order valence-electron chi connectivity index (χ3n) is 3.20. The smallest absolute Gasteiger partial charge is 0.279 e. The van der Waals surface area contributed by atoms with Crippen molar-refractivity contribution in [2.45, 2.75) is 39.8 Å². The average Bonchev–Trinajstić information content (AvgIpc) is 2.96. The number of nitrogens with one attached hydrogen (secondary N) is 1. The van der Waals surface area contributed by atoms with E-state index < -0.39 is 10.2 Å². The van der Waals surface area contributed by atoms with Crippen LogP contribution in [0, 0.1) is 5.92 Å². The lowest BCUT2D eigenvalue weighted by Gasteiger charge is -2.17. The predicted molar refractivity (Wildman–Crippen MR) is 73.6 cm³/mol. The van der Waals surface area contributed by atoms with Crippen molar-refractivity contribution in [2.75, 3.05) is 13.1 Å². The van der Waals surface area contributed by atoms with Crippen LogP contribution in [0.2, 0.25) is 0 Å². The Bertz CT molecular complexity index is 504. The van der Waals surface area contributed by atoms with Crippen molar-refractivity contribution in [2.24, 2.45) is 5.92 Å². The Balaban J connectivity index is 1.96. The maximum atomic E-state index is 12.0. The summed E-state index contributed by atoms with van der Waals surface area (Å²) in [5, 5.41) is 0. The number of hydrogen-bond donors (Lipinski definition) is 1. The molecule has 1 saturated heterocycles. The molecule has 1 aliphatic heterocycles. The Morgan fingerprint density at radius 2 is 2.05 bits per heavy atom. The monoisotopic (exact) mass is 286 g/mol. The van der Waals surface area contributed by atoms with Gasteiger partial charge in [0.15, 0.2) is 0 Å². The van der Waals surface area contributed by atoms with Gasteiger partial charge in [0, 0.05) is 25.8 Å². The molecule has 19 heavy (non-hydrogen) atoms. The van der Waals surface area contributed by atoms with Gasteiger partial charge in [-0.15, -0.1) is 0 Å². The second kappa shape index (κ2) is 6.02. The van der Waals surface area contributed by atoms with Crippen LogP contribution >= 0.6 is 0 Å². The maximum Gasteiger partial charge on any atom is 0.279 e. The summed E-state index contributed by atoms with van der Waals surface area (Å²) in [4.78, 5) is 4.09. The van der Waals surface area contributed by atoms with Gasteiger partial charge in [0.2, 0.25) is 0 Å². The van der Waals surface area contributed by atoms with E-state index in [1.165, 1.54) is 4.31 Å². The molecule has 108 valence electrons. The van der Waals surface area contributed by atoms with E-state index in [0.717, 1.165) is 25.1 Å². The van der Waals surface area contributed by atoms with E-state index in [-0.39, 0.29) is 0 Å². The fourth-order valence-electron chi connectivity index (χ4n) is 2.24. The van der Waals surface area contributed by atoms with Crippen molar-refractivity contribution in [1.82, 2.24) is 18.6 Å². The zero-order valence-corrected chi connectivity index (χ0v) is 12.4. The first-order valence-corrected chi connectivity index (χ1v) is 8.17. The zero-order valence-electron chi connectivity index (χ0n) is 11.5. The van der Waals surface area contributed by atoms with Gasteiger partial charge in [-0.2, -0.15) is 17.4 Å². The lowest BCUT2D eigenvalue weighted by atomic mass is 10.2. The van der Waals surface area contributed by atoms with E-state index in [9.17, 15) is 8.42 Å². The molecule has 2 heterocycles. The third kappa shape index (κ3) is 3.77. The summed E-state index contributed by atoms with van der Waals surface area (Å²) in [6, 6.07) is 0. The van der Waals surface area contributed by atoms with Crippen molar-refractivity contribution in [3.8, 4) is 0 Å². The highest BCUT2D eigenvalue weighted by Crippen LogP contribution is 2.12. The lowest BCUT2D eigenvalue weighted by Crippen LogP contribution is -2.38. The van der Waals surface area contributed by atoms with Gasteiger partial charge in [0.1, 0.15) is 0 Å². The van der Waals surface area contributed by atoms with Gasteiger partial charge in [-0.05, 0) is 18.8 Å². The van der Waals surface area contributed by atoms with Crippen molar-refractivity contribution in [1.29, 1.82) is 0 Å². The molecule has 1 aliphatic rings. The normalized spacial score (nSPS) is 17.4. The van der Waals surface area contributed by atoms with Crippen molar-refractivity contribution in [3.05, 3.63) is 18.2 Å². The fraction of sp³-hybridized carbons (Fsp3) is 0.750. The topological polar surface area (TPSA) is 67.2 Å². The minimum absolute atomic E-state index is 0.297. The van der Waals surface area contributed by atoms with Crippen LogP contribution in [-0.4, -0.2) is 35.4 Å². The number of aromatic nitrogens is 2. The van der Waals surface area contributed by atoms with E-state index in [1.54, 1.807) is 12.5 Å². The largest absolute Gasteiger partial charge is 0.333 e. The lowest BCUT2D eigenvalue weighted by molar-refractivity contribution is 0.461. The Hall–Kier alpha value is -0.920. The predicted octanol–water partition coefficient (Wildman–Crippen LogP) is 0.969. The highest BCUT2D eigenvalue weighted by atomic mass is 32.2. The number of hydrogen-bond acceptors (Lipinski definition) is 3. The highest BCUT2D eigenvalue weighted by Gasteiger charge is 2.24. The molecule has 0 aliphatic carbocycles. The van der Waals surface area contributed by atoms with Gasteiger partial charge in [-0.25, -0.2) is 4.98 Å². The quantitative estimate of drug-likeness (QED) is 0.847. The number of nitrogens with zero attached hydrogens (tertiary/aromatic N) is 3. The molecule has 2 rings (SSSR count). The van der Waals surface area contributed by atoms with E-state index in [0.29, 0.717) is 25.6 Å². The summed E-state index contributed by atoms with van der Waals surface area (Å²) in [5.41, 5.74) is 0.900. The van der Waals surface area contributed by atoms with Crippen LogP contribution in [0.4, 0.5) is 0 Å². The summed E-state index contributed by atoms with van der Waals surface area (Å²) < 4.78 is 30.3. The first kappa shape index (κ1) is 14.5. The van der Waals surface area contributed by atoms with Gasteiger partial charge < -0.3 is 4.57 Å². The van der Waals surface area contributed by atoms with Crippen LogP contribution in [0.25, 0.3) is 0 Å². The number of rotatable bonds is 6. The summed E-state index contributed by atoms with van der Waals surface area (Å²) in [6.07, 6.45) is 5.37. The van der Waals surface area contributed by atoms with Gasteiger partial charge >= 0.3 is 0 Å². The molecule has 0 unspecified atom stereocenters. The van der Waals surface area contributed by atoms with Gasteiger partial charge in [-0.3, -0.25) is 0 Å². The Morgan fingerprint density at radius 3 is 2.68 bits per heavy atom. The summed E-state index contributed by atoms with van der Waals surface area (Å²) in [5.74, 6) is 0.503. The van der Waals surface area contributed by atoms with Gasteiger partial charge in [0.05, 0.1) is 18.6 Å². The van der Waals surface area contributed by atoms with Crippen LogP contribution in [0.3, 0.4) is 0 Å². The molecule has 7 heteroatoms. The van der Waals surface area contributed by atoms with Crippen LogP contribution in [0.5, 0.6) is 0 Å². The molecule has 6 nitrogen and oxygen atoms in total. The Kier molecular flexibility index (Phi) is 4.59. The van der Waals surface area contributed by atoms with Crippen molar-refractivity contribution < 1.29 is 8.42 Å². The molecule has 1 N–H and O–H groups in total. The van der Waals surface area contributed by atoms with Crippen LogP contribution in [-0.2, 0) is 23.3 Å². The fourth-order valence-corrected chi connectivity index (χ4v) is 3.49. The Labute approximate surface area is 115 Å². The van der Waals surface area contributed by atoms with Crippen molar-refractivity contribution >= 4 is 10.2 Å². The molecule has 0 atom stereocenters. The average molecular weight is 286 g/mol. The molecule has 1 fully saturated rings. The molecule has 0 spiro atoms. The SMILES string of the molecule is CC(C)Cn1cncc1CNS(=O)(=O)N1CCCC1. The Morgan fingerprint density at radius 1 is 1.37 bits per heavy atom. The molecule has 0 saturated carbocycles. The summed E-state index contributed by atoms with van der Waals surface area (Å²) >= 11 is 0. The van der Waals surface area contributed by atoms with Crippen LogP contribution in [0.15, 0.2) is 12.5 Å².